The summed E-state index contributed by atoms with van der Waals surface area (Å²) >= 11 is 0. The van der Waals surface area contributed by atoms with Crippen LogP contribution in [0.1, 0.15) is 21.5 Å². The van der Waals surface area contributed by atoms with Crippen LogP contribution in [0.2, 0.25) is 0 Å². The van der Waals surface area contributed by atoms with E-state index < -0.39 is 5.91 Å². The lowest BCUT2D eigenvalue weighted by Gasteiger charge is -2.08. The highest BCUT2D eigenvalue weighted by atomic mass is 16.6. The number of hydrogen-bond acceptors (Lipinski definition) is 4. The number of fused-ring (bicyclic) bond motifs is 1. The number of carbonyl (C=O) groups excluding carboxylic acids is 1. The Morgan fingerprint density at radius 1 is 1.08 bits per heavy atom. The smallest absolute Gasteiger partial charge is 0.249 e. The molecule has 0 atom stereocenters. The van der Waals surface area contributed by atoms with Gasteiger partial charge in [0, 0.05) is 12.6 Å². The second-order valence-electron chi connectivity index (χ2n) is 5.62. The summed E-state index contributed by atoms with van der Waals surface area (Å²) in [6.07, 6.45) is 2.05. The van der Waals surface area contributed by atoms with Crippen LogP contribution in [0.15, 0.2) is 65.8 Å². The summed E-state index contributed by atoms with van der Waals surface area (Å²) in [5, 5.41) is 15.0. The van der Waals surface area contributed by atoms with Crippen LogP contribution in [0.4, 0.5) is 0 Å². The van der Waals surface area contributed by atoms with Gasteiger partial charge in [0.05, 0.1) is 5.56 Å². The molecular formula is C20H18N2O3. The number of phenols is 1. The molecule has 3 aromatic carbocycles. The summed E-state index contributed by atoms with van der Waals surface area (Å²) in [7, 11) is 0. The molecule has 0 heterocycles. The van der Waals surface area contributed by atoms with Crippen molar-refractivity contribution in [2.24, 2.45) is 10.9 Å². The molecule has 0 saturated heterocycles. The number of rotatable bonds is 6. The van der Waals surface area contributed by atoms with Crippen LogP contribution < -0.4 is 5.73 Å². The van der Waals surface area contributed by atoms with E-state index in [-0.39, 0.29) is 5.75 Å². The van der Waals surface area contributed by atoms with E-state index in [9.17, 15) is 9.90 Å². The van der Waals surface area contributed by atoms with Gasteiger partial charge in [0.15, 0.2) is 0 Å². The molecule has 3 rings (SSSR count). The zero-order valence-corrected chi connectivity index (χ0v) is 13.6. The fraction of sp³-hybridized carbons (Fsp3) is 0.100. The summed E-state index contributed by atoms with van der Waals surface area (Å²) in [5.74, 6) is -0.243. The average Bonchev–Trinajstić information content (AvgIpc) is 2.62. The van der Waals surface area contributed by atoms with Gasteiger partial charge in [-0.1, -0.05) is 53.7 Å². The lowest BCUT2D eigenvalue weighted by molar-refractivity contribution is 0.100. The van der Waals surface area contributed by atoms with Crippen LogP contribution in [-0.4, -0.2) is 17.2 Å². The molecular weight excluding hydrogens is 316 g/mol. The molecule has 0 aliphatic carbocycles. The SMILES string of the molecule is NC(=O)c1c(CC=NOCc2ccc(O)cc2)ccc2ccccc12. The molecule has 5 heteroatoms. The van der Waals surface area contributed by atoms with Crippen LogP contribution in [-0.2, 0) is 17.9 Å². The normalized spacial score (nSPS) is 11.0. The minimum atomic E-state index is -0.454. The maximum Gasteiger partial charge on any atom is 0.249 e. The molecule has 25 heavy (non-hydrogen) atoms. The van der Waals surface area contributed by atoms with Gasteiger partial charge in [-0.2, -0.15) is 0 Å². The van der Waals surface area contributed by atoms with Gasteiger partial charge in [0.1, 0.15) is 12.4 Å². The number of carbonyl (C=O) groups is 1. The molecule has 0 radical (unpaired) electrons. The van der Waals surface area contributed by atoms with Crippen molar-refractivity contribution in [1.82, 2.24) is 0 Å². The zero-order chi connectivity index (χ0) is 17.6. The third kappa shape index (κ3) is 3.95. The van der Waals surface area contributed by atoms with Crippen molar-refractivity contribution >= 4 is 22.9 Å². The summed E-state index contributed by atoms with van der Waals surface area (Å²) < 4.78 is 0. The minimum absolute atomic E-state index is 0.211. The van der Waals surface area contributed by atoms with E-state index in [1.54, 1.807) is 30.5 Å². The van der Waals surface area contributed by atoms with Gasteiger partial charge in [-0.25, -0.2) is 0 Å². The molecule has 0 spiro atoms. The Morgan fingerprint density at radius 3 is 2.60 bits per heavy atom. The molecule has 0 aromatic heterocycles. The summed E-state index contributed by atoms with van der Waals surface area (Å²) in [5.41, 5.74) is 7.79. The fourth-order valence-electron chi connectivity index (χ4n) is 2.67. The van der Waals surface area contributed by atoms with E-state index >= 15 is 0 Å². The van der Waals surface area contributed by atoms with Gasteiger partial charge in [-0.15, -0.1) is 0 Å². The Morgan fingerprint density at radius 2 is 1.84 bits per heavy atom. The van der Waals surface area contributed by atoms with Crippen molar-refractivity contribution in [3.8, 4) is 5.75 Å². The number of aromatic hydroxyl groups is 1. The largest absolute Gasteiger partial charge is 0.508 e. The molecule has 126 valence electrons. The Hall–Kier alpha value is -3.34. The first-order valence-electron chi connectivity index (χ1n) is 7.87. The Kier molecular flexibility index (Phi) is 4.95. The van der Waals surface area contributed by atoms with E-state index in [4.69, 9.17) is 10.6 Å². The highest BCUT2D eigenvalue weighted by molar-refractivity contribution is 6.08. The van der Waals surface area contributed by atoms with Crippen LogP contribution in [0, 0.1) is 0 Å². The van der Waals surface area contributed by atoms with Crippen LogP contribution >= 0.6 is 0 Å². The number of benzene rings is 3. The summed E-state index contributed by atoms with van der Waals surface area (Å²) in [6, 6.07) is 18.2. The molecule has 0 unspecified atom stereocenters. The quantitative estimate of drug-likeness (QED) is 0.535. The second kappa shape index (κ2) is 7.49. The molecule has 3 N–H and O–H groups in total. The van der Waals surface area contributed by atoms with Gasteiger partial charge in [0.25, 0.3) is 0 Å². The van der Waals surface area contributed by atoms with E-state index in [2.05, 4.69) is 5.16 Å². The first kappa shape index (κ1) is 16.5. The molecule has 0 aliphatic rings. The average molecular weight is 334 g/mol. The topological polar surface area (TPSA) is 84.9 Å². The van der Waals surface area contributed by atoms with Crippen LogP contribution in [0.3, 0.4) is 0 Å². The predicted octanol–water partition coefficient (Wildman–Crippen LogP) is 3.39. The summed E-state index contributed by atoms with van der Waals surface area (Å²) in [4.78, 5) is 17.1. The molecule has 0 fully saturated rings. The van der Waals surface area contributed by atoms with Crippen molar-refractivity contribution < 1.29 is 14.7 Å². The predicted molar refractivity (Wildman–Crippen MR) is 97.6 cm³/mol. The van der Waals surface area contributed by atoms with Crippen molar-refractivity contribution in [3.05, 3.63) is 77.4 Å². The number of primary amides is 1. The third-order valence-electron chi connectivity index (χ3n) is 3.89. The fourth-order valence-corrected chi connectivity index (χ4v) is 2.67. The van der Waals surface area contributed by atoms with Crippen LogP contribution in [0.5, 0.6) is 5.75 Å². The van der Waals surface area contributed by atoms with Crippen molar-refractivity contribution in [1.29, 1.82) is 0 Å². The molecule has 0 saturated carbocycles. The highest BCUT2D eigenvalue weighted by Gasteiger charge is 2.11. The van der Waals surface area contributed by atoms with E-state index in [1.807, 2.05) is 36.4 Å². The first-order valence-corrected chi connectivity index (χ1v) is 7.87. The molecule has 0 aliphatic heterocycles. The van der Waals surface area contributed by atoms with Crippen molar-refractivity contribution in [2.75, 3.05) is 0 Å². The number of hydrogen-bond donors (Lipinski definition) is 2. The summed E-state index contributed by atoms with van der Waals surface area (Å²) in [6.45, 7) is 0.303. The lowest BCUT2D eigenvalue weighted by Crippen LogP contribution is -2.14. The number of phenolic OH excluding ortho intramolecular Hbond substituents is 1. The number of oxime groups is 1. The van der Waals surface area contributed by atoms with Gasteiger partial charge in [-0.05, 0) is 34.0 Å². The Balaban J connectivity index is 1.69. The van der Waals surface area contributed by atoms with E-state index in [0.29, 0.717) is 18.6 Å². The number of amides is 1. The van der Waals surface area contributed by atoms with Crippen molar-refractivity contribution in [3.63, 3.8) is 0 Å². The maximum absolute atomic E-state index is 11.9. The monoisotopic (exact) mass is 334 g/mol. The molecule has 5 nitrogen and oxygen atoms in total. The standard InChI is InChI=1S/C20H18N2O3/c21-20(24)19-16(8-7-15-3-1-2-4-18(15)19)11-12-22-25-13-14-5-9-17(23)10-6-14/h1-10,12,23H,11,13H2,(H2,21,24). The van der Waals surface area contributed by atoms with Crippen molar-refractivity contribution in [2.45, 2.75) is 13.0 Å². The van der Waals surface area contributed by atoms with Gasteiger partial charge < -0.3 is 15.7 Å². The van der Waals surface area contributed by atoms with Gasteiger partial charge >= 0.3 is 0 Å². The third-order valence-corrected chi connectivity index (χ3v) is 3.89. The Labute approximate surface area is 145 Å². The maximum atomic E-state index is 11.9. The molecule has 0 bridgehead atoms. The number of nitrogens with zero attached hydrogens (tertiary/aromatic N) is 1. The first-order chi connectivity index (χ1) is 12.1. The van der Waals surface area contributed by atoms with E-state index in [0.717, 1.165) is 21.9 Å². The van der Waals surface area contributed by atoms with E-state index in [1.165, 1.54) is 0 Å². The Bertz CT molecular complexity index is 918. The number of nitrogens with two attached hydrogens (primary N) is 1. The van der Waals surface area contributed by atoms with Gasteiger partial charge in [0.2, 0.25) is 5.91 Å². The molecule has 3 aromatic rings. The second-order valence-corrected chi connectivity index (χ2v) is 5.62. The zero-order valence-electron chi connectivity index (χ0n) is 13.6. The minimum Gasteiger partial charge on any atom is -0.508 e. The highest BCUT2D eigenvalue weighted by Crippen LogP contribution is 2.22. The van der Waals surface area contributed by atoms with Crippen LogP contribution in [0.25, 0.3) is 10.8 Å². The van der Waals surface area contributed by atoms with Gasteiger partial charge in [-0.3, -0.25) is 4.79 Å². The lowest BCUT2D eigenvalue weighted by atomic mass is 9.97. The molecule has 1 amide bonds.